The number of nitrogens with one attached hydrogen (secondary N) is 2. The zero-order chi connectivity index (χ0) is 10.5. The van der Waals surface area contributed by atoms with E-state index in [0.29, 0.717) is 0 Å². The number of H-pyrrole nitrogens is 1. The summed E-state index contributed by atoms with van der Waals surface area (Å²) in [5.74, 6) is 6.26. The molecule has 0 radical (unpaired) electrons. The van der Waals surface area contributed by atoms with Crippen LogP contribution in [0.25, 0.3) is 11.0 Å². The van der Waals surface area contributed by atoms with Gasteiger partial charge in [-0.25, -0.2) is 4.98 Å². The Labute approximate surface area is 88.9 Å². The molecule has 3 nitrogen and oxygen atoms in total. The van der Waals surface area contributed by atoms with Crippen LogP contribution in [-0.2, 0) is 0 Å². The molecule has 0 amide bonds. The highest BCUT2D eigenvalue weighted by molar-refractivity contribution is 5.82. The van der Waals surface area contributed by atoms with Crippen molar-refractivity contribution in [3.8, 4) is 11.8 Å². The maximum absolute atomic E-state index is 4.21. The minimum atomic E-state index is 0.865. The van der Waals surface area contributed by atoms with Gasteiger partial charge in [0, 0.05) is 30.7 Å². The van der Waals surface area contributed by atoms with Crippen molar-refractivity contribution in [1.29, 1.82) is 0 Å². The van der Waals surface area contributed by atoms with Crippen molar-refractivity contribution in [3.63, 3.8) is 0 Å². The molecule has 2 aromatic rings. The van der Waals surface area contributed by atoms with Gasteiger partial charge in [-0.15, -0.1) is 0 Å². The molecule has 0 atom stereocenters. The molecular formula is C12H13N3. The third-order valence-corrected chi connectivity index (χ3v) is 2.17. The summed E-state index contributed by atoms with van der Waals surface area (Å²) in [6.07, 6.45) is 4.55. The topological polar surface area (TPSA) is 40.7 Å². The fourth-order valence-electron chi connectivity index (χ4n) is 1.40. The van der Waals surface area contributed by atoms with Gasteiger partial charge in [0.05, 0.1) is 5.56 Å². The zero-order valence-corrected chi connectivity index (χ0v) is 8.67. The van der Waals surface area contributed by atoms with Gasteiger partial charge >= 0.3 is 0 Å². The van der Waals surface area contributed by atoms with E-state index in [0.717, 1.165) is 29.6 Å². The Bertz CT molecular complexity index is 502. The van der Waals surface area contributed by atoms with Crippen molar-refractivity contribution in [2.24, 2.45) is 0 Å². The Kier molecular flexibility index (Phi) is 3.01. The van der Waals surface area contributed by atoms with Gasteiger partial charge in [0.25, 0.3) is 0 Å². The lowest BCUT2D eigenvalue weighted by Crippen LogP contribution is -2.05. The average molecular weight is 199 g/mol. The normalized spacial score (nSPS) is 9.93. The number of rotatable bonds is 2. The number of hydrogen-bond donors (Lipinski definition) is 2. The fraction of sp³-hybridized carbons (Fsp3) is 0.250. The molecule has 0 aliphatic heterocycles. The highest BCUT2D eigenvalue weighted by Crippen LogP contribution is 2.13. The Balaban J connectivity index is 2.23. The van der Waals surface area contributed by atoms with Crippen LogP contribution in [0.5, 0.6) is 0 Å². The first-order chi connectivity index (χ1) is 7.42. The van der Waals surface area contributed by atoms with E-state index in [-0.39, 0.29) is 0 Å². The third-order valence-electron chi connectivity index (χ3n) is 2.17. The highest BCUT2D eigenvalue weighted by atomic mass is 14.8. The number of aromatic nitrogens is 2. The molecule has 2 rings (SSSR count). The van der Waals surface area contributed by atoms with Crippen molar-refractivity contribution in [2.75, 3.05) is 13.6 Å². The first kappa shape index (κ1) is 9.75. The van der Waals surface area contributed by atoms with Crippen molar-refractivity contribution in [1.82, 2.24) is 15.3 Å². The van der Waals surface area contributed by atoms with Gasteiger partial charge in [0.15, 0.2) is 0 Å². The molecule has 0 saturated heterocycles. The lowest BCUT2D eigenvalue weighted by Gasteiger charge is -1.88. The standard InChI is InChI=1S/C12H13N3/c1-13-7-3-2-5-10-9-15-12-11(10)6-4-8-14-12/h4,6,8-9,13H,3,7H2,1H3,(H,14,15). The smallest absolute Gasteiger partial charge is 0.138 e. The summed E-state index contributed by atoms with van der Waals surface area (Å²) in [6, 6.07) is 3.95. The lowest BCUT2D eigenvalue weighted by atomic mass is 10.2. The maximum Gasteiger partial charge on any atom is 0.138 e. The van der Waals surface area contributed by atoms with Gasteiger partial charge in [0.2, 0.25) is 0 Å². The van der Waals surface area contributed by atoms with Gasteiger partial charge in [-0.05, 0) is 19.2 Å². The molecular weight excluding hydrogens is 186 g/mol. The van der Waals surface area contributed by atoms with Crippen molar-refractivity contribution in [3.05, 3.63) is 30.1 Å². The predicted octanol–water partition coefficient (Wildman–Crippen LogP) is 1.52. The second-order valence-electron chi connectivity index (χ2n) is 3.26. The van der Waals surface area contributed by atoms with E-state index in [1.807, 2.05) is 25.4 Å². The summed E-state index contributed by atoms with van der Waals surface area (Å²) in [7, 11) is 1.93. The molecule has 0 unspecified atom stereocenters. The van der Waals surface area contributed by atoms with Gasteiger partial charge in [-0.3, -0.25) is 0 Å². The number of pyridine rings is 1. The van der Waals surface area contributed by atoms with Gasteiger partial charge in [-0.2, -0.15) is 0 Å². The van der Waals surface area contributed by atoms with Crippen LogP contribution in [-0.4, -0.2) is 23.6 Å². The van der Waals surface area contributed by atoms with Crippen LogP contribution in [0, 0.1) is 11.8 Å². The van der Waals surface area contributed by atoms with E-state index in [2.05, 4.69) is 27.1 Å². The lowest BCUT2D eigenvalue weighted by molar-refractivity contribution is 0.818. The Morgan fingerprint density at radius 1 is 1.53 bits per heavy atom. The summed E-state index contributed by atoms with van der Waals surface area (Å²) < 4.78 is 0. The molecule has 0 bridgehead atoms. The van der Waals surface area contributed by atoms with Crippen LogP contribution >= 0.6 is 0 Å². The molecule has 76 valence electrons. The van der Waals surface area contributed by atoms with Crippen molar-refractivity contribution in [2.45, 2.75) is 6.42 Å². The molecule has 0 saturated carbocycles. The van der Waals surface area contributed by atoms with Crippen LogP contribution in [0.15, 0.2) is 24.5 Å². The molecule has 2 aromatic heterocycles. The van der Waals surface area contributed by atoms with Crippen LogP contribution in [0.3, 0.4) is 0 Å². The summed E-state index contributed by atoms with van der Waals surface area (Å²) in [5, 5.41) is 4.15. The minimum Gasteiger partial charge on any atom is -0.345 e. The van der Waals surface area contributed by atoms with Crippen LogP contribution < -0.4 is 5.32 Å². The van der Waals surface area contributed by atoms with Crippen LogP contribution in [0.4, 0.5) is 0 Å². The fourth-order valence-corrected chi connectivity index (χ4v) is 1.40. The number of aromatic amines is 1. The molecule has 0 aliphatic carbocycles. The van der Waals surface area contributed by atoms with E-state index in [4.69, 9.17) is 0 Å². The van der Waals surface area contributed by atoms with E-state index in [1.165, 1.54) is 0 Å². The highest BCUT2D eigenvalue weighted by Gasteiger charge is 1.99. The van der Waals surface area contributed by atoms with Gasteiger partial charge < -0.3 is 10.3 Å². The Morgan fingerprint density at radius 2 is 2.47 bits per heavy atom. The van der Waals surface area contributed by atoms with E-state index in [1.54, 1.807) is 6.20 Å². The number of nitrogens with zero attached hydrogens (tertiary/aromatic N) is 1. The number of hydrogen-bond acceptors (Lipinski definition) is 2. The average Bonchev–Trinajstić information content (AvgIpc) is 2.68. The first-order valence-electron chi connectivity index (χ1n) is 4.97. The summed E-state index contributed by atoms with van der Waals surface area (Å²) in [4.78, 5) is 7.31. The Hall–Kier alpha value is -1.79. The molecule has 0 fully saturated rings. The molecule has 0 aliphatic rings. The van der Waals surface area contributed by atoms with Crippen molar-refractivity contribution < 1.29 is 0 Å². The predicted molar refractivity (Wildman–Crippen MR) is 61.5 cm³/mol. The van der Waals surface area contributed by atoms with E-state index < -0.39 is 0 Å². The third kappa shape index (κ3) is 2.17. The first-order valence-corrected chi connectivity index (χ1v) is 4.97. The second-order valence-corrected chi connectivity index (χ2v) is 3.26. The monoisotopic (exact) mass is 199 g/mol. The number of fused-ring (bicyclic) bond motifs is 1. The van der Waals surface area contributed by atoms with Crippen molar-refractivity contribution >= 4 is 11.0 Å². The summed E-state index contributed by atoms with van der Waals surface area (Å²) in [6.45, 7) is 0.924. The quantitative estimate of drug-likeness (QED) is 0.568. The Morgan fingerprint density at radius 3 is 3.33 bits per heavy atom. The van der Waals surface area contributed by atoms with E-state index in [9.17, 15) is 0 Å². The van der Waals surface area contributed by atoms with Crippen LogP contribution in [0.2, 0.25) is 0 Å². The minimum absolute atomic E-state index is 0.865. The molecule has 0 aromatic carbocycles. The molecule has 15 heavy (non-hydrogen) atoms. The zero-order valence-electron chi connectivity index (χ0n) is 8.67. The second kappa shape index (κ2) is 4.63. The molecule has 2 N–H and O–H groups in total. The van der Waals surface area contributed by atoms with Gasteiger partial charge in [0.1, 0.15) is 5.65 Å². The van der Waals surface area contributed by atoms with Crippen LogP contribution in [0.1, 0.15) is 12.0 Å². The summed E-state index contributed by atoms with van der Waals surface area (Å²) >= 11 is 0. The van der Waals surface area contributed by atoms with E-state index >= 15 is 0 Å². The molecule has 3 heteroatoms. The van der Waals surface area contributed by atoms with Gasteiger partial charge in [-0.1, -0.05) is 11.8 Å². The largest absolute Gasteiger partial charge is 0.345 e. The molecule has 2 heterocycles. The summed E-state index contributed by atoms with van der Waals surface area (Å²) in [5.41, 5.74) is 1.92. The molecule has 0 spiro atoms. The SMILES string of the molecule is CNCCC#Cc1c[nH]c2ncccc12. The maximum atomic E-state index is 4.21.